The molecule has 0 spiro atoms. The Morgan fingerprint density at radius 2 is 0.700 bits per heavy atom. The zero-order valence-corrected chi connectivity index (χ0v) is 24.2. The number of benzene rings is 1. The predicted molar refractivity (Wildman–Crippen MR) is 145 cm³/mol. The van der Waals surface area contributed by atoms with Crippen molar-refractivity contribution in [3.8, 4) is 0 Å². The lowest BCUT2D eigenvalue weighted by Gasteiger charge is -2.34. The van der Waals surface area contributed by atoms with Crippen molar-refractivity contribution >= 4 is 15.8 Å². The monoisotopic (exact) mass is 450 g/mol. The molecular formula is C28H52P2. The first-order chi connectivity index (χ1) is 13.3. The summed E-state index contributed by atoms with van der Waals surface area (Å²) in [6.45, 7) is 29.0. The third-order valence-corrected chi connectivity index (χ3v) is 11.9. The second-order valence-corrected chi connectivity index (χ2v) is 18.9. The molecule has 0 fully saturated rings. The molecule has 0 bridgehead atoms. The molecular weight excluding hydrogens is 398 g/mol. The lowest BCUT2D eigenvalue weighted by molar-refractivity contribution is 0.457. The Kier molecular flexibility index (Phi) is 10.1. The van der Waals surface area contributed by atoms with E-state index in [9.17, 15) is 0 Å². The minimum absolute atomic E-state index is 0.000739. The van der Waals surface area contributed by atoms with Gasteiger partial charge < -0.3 is 0 Å². The van der Waals surface area contributed by atoms with Gasteiger partial charge in [0.25, 0.3) is 0 Å². The smallest absolute Gasteiger partial charge is 0.00699 e. The largest absolute Gasteiger partial charge is 0.101 e. The van der Waals surface area contributed by atoms with Crippen molar-refractivity contribution in [2.45, 2.75) is 95.4 Å². The van der Waals surface area contributed by atoms with E-state index in [1.807, 2.05) is 0 Å². The minimum atomic E-state index is -0.000739. The summed E-state index contributed by atoms with van der Waals surface area (Å²) < 4.78 is 0. The maximum atomic E-state index is 2.44. The molecule has 0 aliphatic carbocycles. The van der Waals surface area contributed by atoms with Crippen LogP contribution in [0.3, 0.4) is 0 Å². The highest BCUT2D eigenvalue weighted by Crippen LogP contribution is 2.52. The van der Waals surface area contributed by atoms with Gasteiger partial charge in [-0.05, 0) is 69.8 Å². The normalized spacial score (nSPS) is 14.1. The summed E-state index contributed by atoms with van der Waals surface area (Å²) in [5, 5.41) is 0. The second kappa shape index (κ2) is 10.8. The molecule has 0 aliphatic heterocycles. The van der Waals surface area contributed by atoms with Crippen LogP contribution in [-0.4, -0.2) is 24.6 Å². The summed E-state index contributed by atoms with van der Waals surface area (Å²) in [5.74, 6) is 0. The molecule has 0 aliphatic rings. The van der Waals surface area contributed by atoms with Crippen molar-refractivity contribution in [1.29, 1.82) is 0 Å². The van der Waals surface area contributed by atoms with E-state index in [1.165, 1.54) is 37.0 Å². The summed E-state index contributed by atoms with van der Waals surface area (Å²) in [7, 11) is -0.00148. The van der Waals surface area contributed by atoms with Gasteiger partial charge in [-0.3, -0.25) is 0 Å². The Labute approximate surface area is 192 Å². The Morgan fingerprint density at radius 3 is 0.900 bits per heavy atom. The second-order valence-electron chi connectivity index (χ2n) is 14.3. The minimum Gasteiger partial charge on any atom is -0.101 e. The Bertz CT molecular complexity index is 543. The zero-order valence-electron chi connectivity index (χ0n) is 22.4. The molecule has 0 nitrogen and oxygen atoms in total. The Hall–Kier alpha value is 0.0800. The van der Waals surface area contributed by atoms with Crippen LogP contribution in [0.15, 0.2) is 24.3 Å². The Morgan fingerprint density at radius 1 is 0.467 bits per heavy atom. The third kappa shape index (κ3) is 13.5. The third-order valence-electron chi connectivity index (χ3n) is 4.70. The van der Waals surface area contributed by atoms with Crippen molar-refractivity contribution in [3.05, 3.63) is 35.4 Å². The van der Waals surface area contributed by atoms with Crippen molar-refractivity contribution in [3.63, 3.8) is 0 Å². The van der Waals surface area contributed by atoms with Gasteiger partial charge >= 0.3 is 0 Å². The van der Waals surface area contributed by atoms with Crippen LogP contribution in [0.2, 0.25) is 0 Å². The molecule has 1 rings (SSSR count). The molecule has 0 atom stereocenters. The molecule has 30 heavy (non-hydrogen) atoms. The fraction of sp³-hybridized carbons (Fsp3) is 0.786. The molecule has 0 saturated carbocycles. The van der Waals surface area contributed by atoms with Crippen LogP contribution in [0.4, 0.5) is 0 Å². The van der Waals surface area contributed by atoms with Gasteiger partial charge in [0.2, 0.25) is 0 Å². The molecule has 0 N–H and O–H groups in total. The quantitative estimate of drug-likeness (QED) is 0.346. The summed E-state index contributed by atoms with van der Waals surface area (Å²) in [5.41, 5.74) is 4.95. The van der Waals surface area contributed by atoms with E-state index in [0.717, 1.165) is 0 Å². The Balaban J connectivity index is 3.12. The van der Waals surface area contributed by atoms with Crippen molar-refractivity contribution < 1.29 is 0 Å². The zero-order chi connectivity index (χ0) is 23.4. The lowest BCUT2D eigenvalue weighted by Crippen LogP contribution is -2.19. The van der Waals surface area contributed by atoms with Crippen LogP contribution in [-0.2, 0) is 12.3 Å². The molecule has 0 aromatic heterocycles. The number of hydrogen-bond donors (Lipinski definition) is 0. The highest BCUT2D eigenvalue weighted by Gasteiger charge is 2.27. The molecule has 1 aromatic rings. The van der Waals surface area contributed by atoms with Gasteiger partial charge in [-0.1, -0.05) is 107 Å². The van der Waals surface area contributed by atoms with Gasteiger partial charge in [0.1, 0.15) is 0 Å². The summed E-state index contributed by atoms with van der Waals surface area (Å²) in [6.07, 6.45) is 8.07. The summed E-state index contributed by atoms with van der Waals surface area (Å²) >= 11 is 0. The molecule has 174 valence electrons. The van der Waals surface area contributed by atoms with Crippen LogP contribution in [0.25, 0.3) is 0 Å². The van der Waals surface area contributed by atoms with Crippen LogP contribution >= 0.6 is 15.8 Å². The van der Waals surface area contributed by atoms with Crippen LogP contribution in [0.5, 0.6) is 0 Å². The topological polar surface area (TPSA) is 0 Å². The molecule has 0 saturated heterocycles. The van der Waals surface area contributed by atoms with Gasteiger partial charge in [0.15, 0.2) is 0 Å². The van der Waals surface area contributed by atoms with Gasteiger partial charge in [-0.15, -0.1) is 15.8 Å². The molecule has 0 heterocycles. The molecule has 0 amide bonds. The fourth-order valence-electron chi connectivity index (χ4n) is 4.37. The maximum absolute atomic E-state index is 2.44. The van der Waals surface area contributed by atoms with Crippen LogP contribution < -0.4 is 0 Å². The van der Waals surface area contributed by atoms with E-state index in [-0.39, 0.29) is 15.8 Å². The van der Waals surface area contributed by atoms with Crippen molar-refractivity contribution in [2.24, 2.45) is 21.7 Å². The van der Waals surface area contributed by atoms with Crippen LogP contribution in [0, 0.1) is 21.7 Å². The van der Waals surface area contributed by atoms with E-state index in [0.29, 0.717) is 21.7 Å². The van der Waals surface area contributed by atoms with E-state index in [1.54, 1.807) is 11.1 Å². The molecule has 2 heteroatoms. The van der Waals surface area contributed by atoms with Crippen molar-refractivity contribution in [2.75, 3.05) is 24.6 Å². The maximum Gasteiger partial charge on any atom is -0.00699 e. The number of rotatable bonds is 8. The number of hydrogen-bond acceptors (Lipinski definition) is 0. The van der Waals surface area contributed by atoms with E-state index in [2.05, 4.69) is 107 Å². The average Bonchev–Trinajstić information content (AvgIpc) is 2.41. The standard InChI is InChI=1S/C28H52P2/c1-25(2,3)19-29(20-26(4,5)6)17-23-15-13-14-16-24(23)18-30(21-27(7,8)9)22-28(10,11)12/h13-16H,17-22H2,1-12H3. The molecule has 0 unspecified atom stereocenters. The highest BCUT2D eigenvalue weighted by atomic mass is 31.1. The molecule has 1 aromatic carbocycles. The van der Waals surface area contributed by atoms with Gasteiger partial charge in [-0.2, -0.15) is 0 Å². The van der Waals surface area contributed by atoms with E-state index in [4.69, 9.17) is 0 Å². The van der Waals surface area contributed by atoms with Crippen molar-refractivity contribution in [1.82, 2.24) is 0 Å². The first kappa shape index (κ1) is 28.1. The predicted octanol–water partition coefficient (Wildman–Crippen LogP) is 9.83. The highest BCUT2D eigenvalue weighted by molar-refractivity contribution is 7.57. The van der Waals surface area contributed by atoms with E-state index >= 15 is 0 Å². The average molecular weight is 451 g/mol. The first-order valence-electron chi connectivity index (χ1n) is 11.8. The van der Waals surface area contributed by atoms with Crippen LogP contribution in [0.1, 0.15) is 94.2 Å². The van der Waals surface area contributed by atoms with E-state index < -0.39 is 0 Å². The summed E-state index contributed by atoms with van der Waals surface area (Å²) in [4.78, 5) is 0. The SMILES string of the molecule is CC(C)(C)CP(Cc1ccccc1CP(CC(C)(C)C)CC(C)(C)C)CC(C)(C)C. The molecule has 0 radical (unpaired) electrons. The summed E-state index contributed by atoms with van der Waals surface area (Å²) in [6, 6.07) is 9.43. The van der Waals surface area contributed by atoms with Gasteiger partial charge in [0.05, 0.1) is 0 Å². The first-order valence-corrected chi connectivity index (χ1v) is 15.6. The fourth-order valence-corrected chi connectivity index (χ4v) is 12.0. The van der Waals surface area contributed by atoms with Gasteiger partial charge in [0, 0.05) is 0 Å². The van der Waals surface area contributed by atoms with Gasteiger partial charge in [-0.25, -0.2) is 0 Å². The lowest BCUT2D eigenvalue weighted by atomic mass is 10.00.